The summed E-state index contributed by atoms with van der Waals surface area (Å²) in [6.45, 7) is 0.448. The van der Waals surface area contributed by atoms with E-state index in [1.54, 1.807) is 24.3 Å². The van der Waals surface area contributed by atoms with Crippen LogP contribution in [0.5, 0.6) is 0 Å². The van der Waals surface area contributed by atoms with Gasteiger partial charge in [0.1, 0.15) is 0 Å². The molecular weight excluding hydrogens is 294 g/mol. The zero-order valence-corrected chi connectivity index (χ0v) is 12.8. The normalized spacial score (nSPS) is 14.0. The van der Waals surface area contributed by atoms with E-state index in [2.05, 4.69) is 21.5 Å². The number of benzene rings is 1. The fraction of sp³-hybridized carbons (Fsp3) is 0.412. The first-order chi connectivity index (χ1) is 11.1. The Labute approximate surface area is 135 Å². The van der Waals surface area contributed by atoms with Gasteiger partial charge in [-0.1, -0.05) is 18.2 Å². The number of hydrogen-bond donors (Lipinski definition) is 2. The molecule has 120 valence electrons. The van der Waals surface area contributed by atoms with E-state index >= 15 is 0 Å². The van der Waals surface area contributed by atoms with E-state index in [0.29, 0.717) is 37.8 Å². The number of nitrogens with one attached hydrogen (secondary N) is 1. The van der Waals surface area contributed by atoms with Gasteiger partial charge in [0.2, 0.25) is 0 Å². The molecule has 2 rings (SSSR count). The Morgan fingerprint density at radius 3 is 2.65 bits per heavy atom. The molecule has 1 amide bonds. The molecule has 0 bridgehead atoms. The lowest BCUT2D eigenvalue weighted by Crippen LogP contribution is -2.29. The molecule has 2 N–H and O–H groups in total. The van der Waals surface area contributed by atoms with Crippen molar-refractivity contribution in [2.24, 2.45) is 10.2 Å². The van der Waals surface area contributed by atoms with Crippen molar-refractivity contribution in [2.45, 2.75) is 37.8 Å². The maximum atomic E-state index is 12.3. The highest BCUT2D eigenvalue weighted by molar-refractivity contribution is 5.95. The minimum atomic E-state index is -0.882. The van der Waals surface area contributed by atoms with E-state index in [9.17, 15) is 9.59 Å². The highest BCUT2D eigenvalue weighted by atomic mass is 16.4. The molecule has 1 aromatic rings. The number of aryl methyl sites for hydroxylation is 1. The molecule has 1 heterocycles. The van der Waals surface area contributed by atoms with E-state index in [0.717, 1.165) is 5.56 Å². The Kier molecular flexibility index (Phi) is 5.47. The standard InChI is InChI=1S/C17H19N3O3/c1-2-3-10-17(19-20-17)11-12-18-16(23)14-7-5-4-6-13(14)8-9-15(21)22/h1,4-7H,3,8-12H2,(H,18,23)(H,21,22). The Morgan fingerprint density at radius 1 is 1.26 bits per heavy atom. The number of carbonyl (C=O) groups is 2. The molecular formula is C17H19N3O3. The van der Waals surface area contributed by atoms with Crippen LogP contribution in [0.2, 0.25) is 0 Å². The molecule has 0 aliphatic carbocycles. The molecule has 0 saturated heterocycles. The van der Waals surface area contributed by atoms with E-state index in [-0.39, 0.29) is 12.3 Å². The van der Waals surface area contributed by atoms with Gasteiger partial charge < -0.3 is 10.4 Å². The van der Waals surface area contributed by atoms with Gasteiger partial charge in [0.25, 0.3) is 5.91 Å². The summed E-state index contributed by atoms with van der Waals surface area (Å²) in [6.07, 6.45) is 7.50. The molecule has 1 aromatic carbocycles. The Balaban J connectivity index is 1.86. The predicted molar refractivity (Wildman–Crippen MR) is 85.0 cm³/mol. The number of nitrogens with zero attached hydrogens (tertiary/aromatic N) is 2. The Hall–Kier alpha value is -2.68. The van der Waals surface area contributed by atoms with Crippen LogP contribution in [0.25, 0.3) is 0 Å². The van der Waals surface area contributed by atoms with E-state index < -0.39 is 11.6 Å². The number of rotatable bonds is 9. The number of hydrogen-bond acceptors (Lipinski definition) is 4. The summed E-state index contributed by atoms with van der Waals surface area (Å²) in [5.41, 5.74) is 0.828. The number of carboxylic acid groups (broad SMARTS) is 1. The number of carbonyl (C=O) groups excluding carboxylic acids is 1. The Morgan fingerprint density at radius 2 is 2.00 bits per heavy atom. The summed E-state index contributed by atoms with van der Waals surface area (Å²) < 4.78 is 0. The van der Waals surface area contributed by atoms with Crippen LogP contribution in [0.1, 0.15) is 41.6 Å². The van der Waals surface area contributed by atoms with Crippen LogP contribution in [0.3, 0.4) is 0 Å². The van der Waals surface area contributed by atoms with Crippen LogP contribution in [0.4, 0.5) is 0 Å². The van der Waals surface area contributed by atoms with Crippen LogP contribution in [0.15, 0.2) is 34.5 Å². The zero-order chi connectivity index (χ0) is 16.7. The third-order valence-corrected chi connectivity index (χ3v) is 3.73. The summed E-state index contributed by atoms with van der Waals surface area (Å²) in [7, 11) is 0. The number of terminal acetylenes is 1. The molecule has 1 aliphatic heterocycles. The second-order valence-electron chi connectivity index (χ2n) is 5.44. The summed E-state index contributed by atoms with van der Waals surface area (Å²) in [5.74, 6) is 1.47. The number of amides is 1. The third-order valence-electron chi connectivity index (χ3n) is 3.73. The number of aliphatic carboxylic acids is 1. The van der Waals surface area contributed by atoms with Crippen molar-refractivity contribution in [1.29, 1.82) is 0 Å². The van der Waals surface area contributed by atoms with Crippen molar-refractivity contribution in [2.75, 3.05) is 6.54 Å². The second kappa shape index (κ2) is 7.54. The van der Waals surface area contributed by atoms with Crippen molar-refractivity contribution in [3.63, 3.8) is 0 Å². The van der Waals surface area contributed by atoms with Crippen molar-refractivity contribution in [1.82, 2.24) is 5.32 Å². The quantitative estimate of drug-likeness (QED) is 0.686. The third kappa shape index (κ3) is 4.92. The van der Waals surface area contributed by atoms with Crippen molar-refractivity contribution in [3.8, 4) is 12.3 Å². The fourth-order valence-electron chi connectivity index (χ4n) is 2.34. The van der Waals surface area contributed by atoms with Gasteiger partial charge in [-0.15, -0.1) is 12.3 Å². The van der Waals surface area contributed by atoms with Gasteiger partial charge in [-0.2, -0.15) is 10.2 Å². The second-order valence-corrected chi connectivity index (χ2v) is 5.44. The van der Waals surface area contributed by atoms with Crippen molar-refractivity contribution >= 4 is 11.9 Å². The maximum Gasteiger partial charge on any atom is 0.303 e. The molecule has 0 aromatic heterocycles. The van der Waals surface area contributed by atoms with Gasteiger partial charge in [0, 0.05) is 37.8 Å². The van der Waals surface area contributed by atoms with Gasteiger partial charge in [-0.05, 0) is 18.1 Å². The van der Waals surface area contributed by atoms with Gasteiger partial charge in [-0.25, -0.2) is 0 Å². The minimum Gasteiger partial charge on any atom is -0.481 e. The van der Waals surface area contributed by atoms with Gasteiger partial charge >= 0.3 is 5.97 Å². The SMILES string of the molecule is C#CCCC1(CCNC(=O)c2ccccc2CCC(=O)O)N=N1. The topological polar surface area (TPSA) is 91.1 Å². The lowest BCUT2D eigenvalue weighted by Gasteiger charge is -2.12. The van der Waals surface area contributed by atoms with Gasteiger partial charge in [-0.3, -0.25) is 9.59 Å². The molecule has 0 atom stereocenters. The van der Waals surface area contributed by atoms with Crippen LogP contribution < -0.4 is 5.32 Å². The lowest BCUT2D eigenvalue weighted by molar-refractivity contribution is -0.136. The molecule has 0 saturated carbocycles. The van der Waals surface area contributed by atoms with Crippen LogP contribution in [0, 0.1) is 12.3 Å². The molecule has 0 radical (unpaired) electrons. The summed E-state index contributed by atoms with van der Waals surface area (Å²) in [5, 5.41) is 19.7. The van der Waals surface area contributed by atoms with Crippen molar-refractivity contribution in [3.05, 3.63) is 35.4 Å². The predicted octanol–water partition coefficient (Wildman–Crippen LogP) is 2.40. The largest absolute Gasteiger partial charge is 0.481 e. The molecule has 0 unspecified atom stereocenters. The maximum absolute atomic E-state index is 12.3. The van der Waals surface area contributed by atoms with Gasteiger partial charge in [0.05, 0.1) is 0 Å². The molecule has 23 heavy (non-hydrogen) atoms. The minimum absolute atomic E-state index is 0.00272. The monoisotopic (exact) mass is 313 g/mol. The van der Waals surface area contributed by atoms with E-state index in [1.165, 1.54) is 0 Å². The Bertz CT molecular complexity index is 655. The molecule has 6 heteroatoms. The first-order valence-electron chi connectivity index (χ1n) is 7.52. The van der Waals surface area contributed by atoms with Gasteiger partial charge in [0.15, 0.2) is 5.66 Å². The highest BCUT2D eigenvalue weighted by Crippen LogP contribution is 2.36. The van der Waals surface area contributed by atoms with E-state index in [4.69, 9.17) is 11.5 Å². The van der Waals surface area contributed by atoms with Crippen LogP contribution in [-0.4, -0.2) is 29.2 Å². The average molecular weight is 313 g/mol. The summed E-state index contributed by atoms with van der Waals surface area (Å²) in [6, 6.07) is 7.04. The summed E-state index contributed by atoms with van der Waals surface area (Å²) in [4.78, 5) is 23.0. The molecule has 0 fully saturated rings. The van der Waals surface area contributed by atoms with Crippen LogP contribution >= 0.6 is 0 Å². The first kappa shape index (κ1) is 16.7. The average Bonchev–Trinajstić information content (AvgIpc) is 3.31. The fourth-order valence-corrected chi connectivity index (χ4v) is 2.34. The first-order valence-corrected chi connectivity index (χ1v) is 7.52. The molecule has 6 nitrogen and oxygen atoms in total. The van der Waals surface area contributed by atoms with E-state index in [1.807, 2.05) is 0 Å². The van der Waals surface area contributed by atoms with Crippen molar-refractivity contribution < 1.29 is 14.7 Å². The smallest absolute Gasteiger partial charge is 0.303 e. The lowest BCUT2D eigenvalue weighted by atomic mass is 10.0. The molecule has 0 spiro atoms. The summed E-state index contributed by atoms with van der Waals surface area (Å²) >= 11 is 0. The zero-order valence-electron chi connectivity index (χ0n) is 12.8. The molecule has 1 aliphatic rings. The highest BCUT2D eigenvalue weighted by Gasteiger charge is 2.38. The van der Waals surface area contributed by atoms with Crippen LogP contribution in [-0.2, 0) is 11.2 Å². The number of carboxylic acids is 1.